The summed E-state index contributed by atoms with van der Waals surface area (Å²) in [4.78, 5) is 0. The number of nitrogens with one attached hydrogen (secondary N) is 1. The van der Waals surface area contributed by atoms with Crippen LogP contribution in [0.2, 0.25) is 18.1 Å². The second-order valence-corrected chi connectivity index (χ2v) is 14.5. The molecule has 164 valence electrons. The van der Waals surface area contributed by atoms with Crippen molar-refractivity contribution in [2.45, 2.75) is 70.6 Å². The maximum absolute atomic E-state index is 6.85. The fourth-order valence-electron chi connectivity index (χ4n) is 3.74. The number of hydrogen-bond acceptors (Lipinski definition) is 4. The Morgan fingerprint density at radius 1 is 1.17 bits per heavy atom. The summed E-state index contributed by atoms with van der Waals surface area (Å²) in [6.45, 7) is 11.5. The number of furan rings is 1. The number of benzene rings is 1. The molecule has 1 heterocycles. The van der Waals surface area contributed by atoms with Gasteiger partial charge in [0.25, 0.3) is 0 Å². The molecule has 0 aliphatic heterocycles. The quantitative estimate of drug-likeness (QED) is 0.460. The minimum Gasteiger partial charge on any atom is -0.546 e. The number of ether oxygens (including phenoxy) is 1. The third-order valence-corrected chi connectivity index (χ3v) is 10.9. The van der Waals surface area contributed by atoms with E-state index in [-0.39, 0.29) is 11.1 Å². The second-order valence-electron chi connectivity index (χ2n) is 9.74. The molecule has 0 spiro atoms. The first-order valence-corrected chi connectivity index (χ1v) is 13.9. The Bertz CT molecular complexity index is 836. The fourth-order valence-corrected chi connectivity index (χ4v) is 4.87. The molecule has 2 atom stereocenters. The molecule has 3 rings (SSSR count). The number of rotatable bonds is 8. The van der Waals surface area contributed by atoms with E-state index in [0.717, 1.165) is 42.2 Å². The maximum atomic E-state index is 6.85. The predicted molar refractivity (Wildman–Crippen MR) is 127 cm³/mol. The molecule has 30 heavy (non-hydrogen) atoms. The van der Waals surface area contributed by atoms with E-state index in [4.69, 9.17) is 13.6 Å². The van der Waals surface area contributed by atoms with E-state index in [0.29, 0.717) is 5.92 Å². The molecule has 0 fully saturated rings. The number of anilines is 1. The molecule has 0 amide bonds. The van der Waals surface area contributed by atoms with Crippen LogP contribution in [0.15, 0.2) is 58.9 Å². The van der Waals surface area contributed by atoms with E-state index in [1.807, 2.05) is 24.3 Å². The molecule has 5 heteroatoms. The van der Waals surface area contributed by atoms with Gasteiger partial charge in [-0.25, -0.2) is 0 Å². The molecule has 0 saturated carbocycles. The van der Waals surface area contributed by atoms with Gasteiger partial charge in [0.05, 0.1) is 24.8 Å². The lowest BCUT2D eigenvalue weighted by Gasteiger charge is -2.41. The largest absolute Gasteiger partial charge is 0.546 e. The molecule has 2 aromatic rings. The summed E-state index contributed by atoms with van der Waals surface area (Å²) in [6, 6.07) is 12.3. The van der Waals surface area contributed by atoms with Crippen LogP contribution in [0.5, 0.6) is 5.75 Å². The summed E-state index contributed by atoms with van der Waals surface area (Å²) >= 11 is 0. The lowest BCUT2D eigenvalue weighted by molar-refractivity contribution is 0.269. The van der Waals surface area contributed by atoms with Gasteiger partial charge in [0.15, 0.2) is 0 Å². The van der Waals surface area contributed by atoms with Gasteiger partial charge in [0.2, 0.25) is 8.32 Å². The van der Waals surface area contributed by atoms with Crippen molar-refractivity contribution in [2.24, 2.45) is 5.92 Å². The van der Waals surface area contributed by atoms with Gasteiger partial charge in [-0.3, -0.25) is 0 Å². The lowest BCUT2D eigenvalue weighted by atomic mass is 9.85. The van der Waals surface area contributed by atoms with Gasteiger partial charge in [-0.05, 0) is 67.7 Å². The highest BCUT2D eigenvalue weighted by atomic mass is 28.4. The van der Waals surface area contributed by atoms with Gasteiger partial charge in [-0.15, -0.1) is 0 Å². The Morgan fingerprint density at radius 2 is 1.93 bits per heavy atom. The normalized spacial score (nSPS) is 18.5. The van der Waals surface area contributed by atoms with E-state index in [1.54, 1.807) is 13.4 Å². The van der Waals surface area contributed by atoms with Crippen LogP contribution < -0.4 is 10.1 Å². The first kappa shape index (κ1) is 22.5. The molecule has 0 bridgehead atoms. The van der Waals surface area contributed by atoms with Crippen LogP contribution in [0, 0.1) is 5.92 Å². The second kappa shape index (κ2) is 9.34. The highest BCUT2D eigenvalue weighted by molar-refractivity contribution is 6.74. The van der Waals surface area contributed by atoms with Gasteiger partial charge in [-0.2, -0.15) is 0 Å². The molecule has 0 saturated heterocycles. The van der Waals surface area contributed by atoms with Crippen molar-refractivity contribution in [2.75, 3.05) is 12.4 Å². The summed E-state index contributed by atoms with van der Waals surface area (Å²) in [5.41, 5.74) is 1.01. The minimum atomic E-state index is -1.91. The smallest absolute Gasteiger partial charge is 0.250 e. The molecule has 1 aliphatic carbocycles. The van der Waals surface area contributed by atoms with Gasteiger partial charge in [0.1, 0.15) is 11.5 Å². The number of allylic oxidation sites excluding steroid dienone is 1. The van der Waals surface area contributed by atoms with Crippen LogP contribution in [-0.4, -0.2) is 21.5 Å². The van der Waals surface area contributed by atoms with Crippen LogP contribution in [0.4, 0.5) is 5.69 Å². The van der Waals surface area contributed by atoms with Crippen molar-refractivity contribution in [1.82, 2.24) is 0 Å². The van der Waals surface area contributed by atoms with Crippen LogP contribution in [0.25, 0.3) is 0 Å². The van der Waals surface area contributed by atoms with Gasteiger partial charge in [0, 0.05) is 18.4 Å². The summed E-state index contributed by atoms with van der Waals surface area (Å²) < 4.78 is 18.2. The Balaban J connectivity index is 1.90. The van der Waals surface area contributed by atoms with Crippen molar-refractivity contribution < 1.29 is 13.6 Å². The van der Waals surface area contributed by atoms with Crippen molar-refractivity contribution in [3.63, 3.8) is 0 Å². The monoisotopic (exact) mass is 427 g/mol. The number of methoxy groups -OCH3 is 1. The standard InChI is InChI=1S/C25H37NO3Si/c1-25(2,3)30(5,6)29-23-15-9-7-13-20(23)22(18-19-12-11-17-28-19)26-21-14-8-10-16-24(21)27-4/h8,10-12,14-17,20,22,26H,7,9,13,18H2,1-6H3/t20-,22+/m0/s1. The third kappa shape index (κ3) is 5.31. The SMILES string of the molecule is COc1ccccc1N[C@H](Cc1ccco1)[C@@H]1CCCC=C1O[Si](C)(C)C(C)(C)C. The van der Waals surface area contributed by atoms with E-state index >= 15 is 0 Å². The van der Waals surface area contributed by atoms with E-state index in [1.165, 1.54) is 6.42 Å². The molecule has 1 aromatic carbocycles. The predicted octanol–water partition coefficient (Wildman–Crippen LogP) is 7.02. The van der Waals surface area contributed by atoms with Crippen LogP contribution in [-0.2, 0) is 10.8 Å². The fraction of sp³-hybridized carbons (Fsp3) is 0.520. The van der Waals surface area contributed by atoms with Gasteiger partial charge in [-0.1, -0.05) is 32.9 Å². The van der Waals surface area contributed by atoms with Crippen LogP contribution in [0.1, 0.15) is 45.8 Å². The molecule has 1 N–H and O–H groups in total. The number of hydrogen-bond donors (Lipinski definition) is 1. The molecule has 0 radical (unpaired) electrons. The Hall–Kier alpha value is -2.14. The van der Waals surface area contributed by atoms with Crippen molar-refractivity contribution in [3.05, 3.63) is 60.3 Å². The summed E-state index contributed by atoms with van der Waals surface area (Å²) in [6.07, 6.45) is 8.24. The first-order chi connectivity index (χ1) is 14.2. The van der Waals surface area contributed by atoms with Crippen molar-refractivity contribution in [1.29, 1.82) is 0 Å². The van der Waals surface area contributed by atoms with Crippen molar-refractivity contribution >= 4 is 14.0 Å². The Morgan fingerprint density at radius 3 is 2.60 bits per heavy atom. The van der Waals surface area contributed by atoms with Gasteiger partial charge < -0.3 is 18.9 Å². The zero-order chi connectivity index (χ0) is 21.8. The number of para-hydroxylation sites is 2. The molecule has 1 aliphatic rings. The Kier molecular flexibility index (Phi) is 7.01. The molecule has 0 unspecified atom stereocenters. The molecule has 1 aromatic heterocycles. The zero-order valence-electron chi connectivity index (χ0n) is 19.3. The zero-order valence-corrected chi connectivity index (χ0v) is 20.3. The molecular weight excluding hydrogens is 390 g/mol. The van der Waals surface area contributed by atoms with Crippen LogP contribution >= 0.6 is 0 Å². The average molecular weight is 428 g/mol. The van der Waals surface area contributed by atoms with E-state index in [2.05, 4.69) is 57.4 Å². The summed E-state index contributed by atoms with van der Waals surface area (Å²) in [7, 11) is -0.196. The van der Waals surface area contributed by atoms with Crippen LogP contribution in [0.3, 0.4) is 0 Å². The highest BCUT2D eigenvalue weighted by Crippen LogP contribution is 2.42. The topological polar surface area (TPSA) is 43.6 Å². The summed E-state index contributed by atoms with van der Waals surface area (Å²) in [5, 5.41) is 3.94. The van der Waals surface area contributed by atoms with Gasteiger partial charge >= 0.3 is 0 Å². The van der Waals surface area contributed by atoms with E-state index in [9.17, 15) is 0 Å². The maximum Gasteiger partial charge on any atom is 0.250 e. The first-order valence-electron chi connectivity index (χ1n) is 11.0. The third-order valence-electron chi connectivity index (χ3n) is 6.54. The molecule has 4 nitrogen and oxygen atoms in total. The average Bonchev–Trinajstić information content (AvgIpc) is 3.20. The minimum absolute atomic E-state index is 0.156. The molecular formula is C25H37NO3Si. The Labute approximate surface area is 182 Å². The summed E-state index contributed by atoms with van der Waals surface area (Å²) in [5.74, 6) is 3.29. The van der Waals surface area contributed by atoms with E-state index < -0.39 is 8.32 Å². The lowest BCUT2D eigenvalue weighted by Crippen LogP contribution is -2.43. The highest BCUT2D eigenvalue weighted by Gasteiger charge is 2.41. The van der Waals surface area contributed by atoms with Crippen molar-refractivity contribution in [3.8, 4) is 5.75 Å².